The molecule has 0 aromatic rings. The number of carbonyl (C=O) groups is 3. The number of aliphatic carboxylic acids is 2. The summed E-state index contributed by atoms with van der Waals surface area (Å²) in [6.07, 6.45) is -0.949. The van der Waals surface area contributed by atoms with Gasteiger partial charge in [-0.2, -0.15) is 0 Å². The molecule has 0 saturated heterocycles. The fourth-order valence-corrected chi connectivity index (χ4v) is 0.213. The molecule has 0 heterocycles. The van der Waals surface area contributed by atoms with Gasteiger partial charge in [0.15, 0.2) is 0 Å². The van der Waals surface area contributed by atoms with Crippen LogP contribution in [0.3, 0.4) is 0 Å². The first-order chi connectivity index (χ1) is 4.04. The van der Waals surface area contributed by atoms with Gasteiger partial charge in [0.1, 0.15) is 6.42 Å². The maximum atomic E-state index is 9.97. The molecule has 10 heavy (non-hydrogen) atoms. The van der Waals surface area contributed by atoms with Crippen molar-refractivity contribution in [2.45, 2.75) is 6.42 Å². The fraction of sp³-hybridized carbons (Fsp3) is 0.250. The minimum absolute atomic E-state index is 0. The molecule has 5 nitrogen and oxygen atoms in total. The van der Waals surface area contributed by atoms with Crippen LogP contribution in [0.15, 0.2) is 0 Å². The van der Waals surface area contributed by atoms with Crippen LogP contribution in [-0.2, 0) is 14.4 Å². The zero-order chi connectivity index (χ0) is 7.44. The van der Waals surface area contributed by atoms with Crippen LogP contribution in [0.4, 0.5) is 0 Å². The molecule has 0 aliphatic rings. The van der Waals surface area contributed by atoms with E-state index in [1.165, 1.54) is 0 Å². The van der Waals surface area contributed by atoms with Crippen molar-refractivity contribution in [3.8, 4) is 0 Å². The molecule has 0 saturated carbocycles. The van der Waals surface area contributed by atoms with Gasteiger partial charge < -0.3 is 10.2 Å². The van der Waals surface area contributed by atoms with Gasteiger partial charge in [-0.05, 0) is 0 Å². The maximum absolute atomic E-state index is 9.97. The van der Waals surface area contributed by atoms with Crippen LogP contribution < -0.4 is 0 Å². The summed E-state index contributed by atoms with van der Waals surface area (Å²) in [5, 5.41) is 15.7. The summed E-state index contributed by atoms with van der Waals surface area (Å²) in [4.78, 5) is 29.2. The Hall–Kier alpha value is -0.390. The molecule has 6 heteroatoms. The molecular formula is C4H5NaO5. The summed E-state index contributed by atoms with van der Waals surface area (Å²) in [6.45, 7) is 0. The van der Waals surface area contributed by atoms with Crippen LogP contribution in [0.25, 0.3) is 0 Å². The van der Waals surface area contributed by atoms with Gasteiger partial charge in [-0.3, -0.25) is 9.59 Å². The average molecular weight is 156 g/mol. The second kappa shape index (κ2) is 5.40. The van der Waals surface area contributed by atoms with E-state index in [1.807, 2.05) is 0 Å². The predicted molar refractivity (Wildman–Crippen MR) is 32.0 cm³/mol. The van der Waals surface area contributed by atoms with Crippen molar-refractivity contribution >= 4 is 47.3 Å². The quantitative estimate of drug-likeness (QED) is 0.293. The summed E-state index contributed by atoms with van der Waals surface area (Å²) in [7, 11) is 0. The van der Waals surface area contributed by atoms with E-state index in [-0.39, 0.29) is 29.6 Å². The third-order valence-electron chi connectivity index (χ3n) is 0.550. The Balaban J connectivity index is 0. The van der Waals surface area contributed by atoms with E-state index in [4.69, 9.17) is 10.2 Å². The Labute approximate surface area is 78.3 Å². The second-order valence-corrected chi connectivity index (χ2v) is 1.30. The van der Waals surface area contributed by atoms with E-state index < -0.39 is 24.1 Å². The van der Waals surface area contributed by atoms with Crippen LogP contribution in [-0.4, -0.2) is 57.5 Å². The number of carbonyl (C=O) groups excluding carboxylic acids is 1. The molecule has 0 aliphatic carbocycles. The summed E-state index contributed by atoms with van der Waals surface area (Å²) in [6, 6.07) is 0. The Bertz CT molecular complexity index is 163. The van der Waals surface area contributed by atoms with Crippen LogP contribution in [0, 0.1) is 0 Å². The monoisotopic (exact) mass is 156 g/mol. The third-order valence-corrected chi connectivity index (χ3v) is 0.550. The molecule has 0 aromatic carbocycles. The van der Waals surface area contributed by atoms with Crippen LogP contribution in [0.5, 0.6) is 0 Å². The molecule has 2 N–H and O–H groups in total. The number of hydrogen-bond acceptors (Lipinski definition) is 3. The van der Waals surface area contributed by atoms with Crippen molar-refractivity contribution < 1.29 is 24.6 Å². The van der Waals surface area contributed by atoms with Gasteiger partial charge in [0.2, 0.25) is 0 Å². The van der Waals surface area contributed by atoms with E-state index in [0.29, 0.717) is 0 Å². The Morgan fingerprint density at radius 1 is 1.10 bits per heavy atom. The van der Waals surface area contributed by atoms with Gasteiger partial charge >= 0.3 is 41.5 Å². The average Bonchev–Trinajstić information content (AvgIpc) is 1.63. The molecule has 0 unspecified atom stereocenters. The number of carboxylic acid groups (broad SMARTS) is 2. The van der Waals surface area contributed by atoms with E-state index >= 15 is 0 Å². The van der Waals surface area contributed by atoms with Crippen molar-refractivity contribution in [2.75, 3.05) is 0 Å². The fourth-order valence-electron chi connectivity index (χ4n) is 0.213. The van der Waals surface area contributed by atoms with Gasteiger partial charge in [-0.25, -0.2) is 4.79 Å². The molecule has 52 valence electrons. The number of Topliss-reactive ketones (excluding diaryl/α,β-unsaturated/α-hetero) is 1. The minimum atomic E-state index is -1.71. The third kappa shape index (κ3) is 5.74. The standard InChI is InChI=1S/C4H4O5.Na.H/c5-2(4(8)9)1-3(6)7;;/h1H2,(H,6,7)(H,8,9);;. The topological polar surface area (TPSA) is 91.7 Å². The first-order valence-corrected chi connectivity index (χ1v) is 2.02. The van der Waals surface area contributed by atoms with Crippen LogP contribution in [0.2, 0.25) is 0 Å². The first-order valence-electron chi connectivity index (χ1n) is 2.02. The molecule has 0 rings (SSSR count). The summed E-state index contributed by atoms with van der Waals surface area (Å²) in [5.74, 6) is -4.44. The Morgan fingerprint density at radius 3 is 1.60 bits per heavy atom. The molecule has 0 radical (unpaired) electrons. The molecular weight excluding hydrogens is 151 g/mol. The van der Waals surface area contributed by atoms with Crippen molar-refractivity contribution in [2.24, 2.45) is 0 Å². The first kappa shape index (κ1) is 12.3. The van der Waals surface area contributed by atoms with Crippen LogP contribution in [0.1, 0.15) is 6.42 Å². The van der Waals surface area contributed by atoms with Gasteiger partial charge in [0.05, 0.1) is 0 Å². The molecule has 0 bridgehead atoms. The Morgan fingerprint density at radius 2 is 1.50 bits per heavy atom. The summed E-state index contributed by atoms with van der Waals surface area (Å²) >= 11 is 0. The Kier molecular flexibility index (Phi) is 6.64. The van der Waals surface area contributed by atoms with Gasteiger partial charge in [-0.1, -0.05) is 0 Å². The summed E-state index contributed by atoms with van der Waals surface area (Å²) < 4.78 is 0. The van der Waals surface area contributed by atoms with Crippen molar-refractivity contribution in [1.29, 1.82) is 0 Å². The molecule has 0 spiro atoms. The zero-order valence-electron chi connectivity index (χ0n) is 4.33. The van der Waals surface area contributed by atoms with E-state index in [0.717, 1.165) is 0 Å². The number of carboxylic acids is 2. The van der Waals surface area contributed by atoms with Gasteiger partial charge in [0, 0.05) is 0 Å². The number of ketones is 1. The van der Waals surface area contributed by atoms with Crippen molar-refractivity contribution in [1.82, 2.24) is 0 Å². The van der Waals surface area contributed by atoms with Crippen LogP contribution >= 0.6 is 0 Å². The number of hydrogen-bond donors (Lipinski definition) is 2. The molecule has 0 fully saturated rings. The molecule has 0 aliphatic heterocycles. The van der Waals surface area contributed by atoms with Gasteiger partial charge in [-0.15, -0.1) is 0 Å². The van der Waals surface area contributed by atoms with E-state index in [1.54, 1.807) is 0 Å². The second-order valence-electron chi connectivity index (χ2n) is 1.30. The van der Waals surface area contributed by atoms with E-state index in [2.05, 4.69) is 0 Å². The normalized spacial score (nSPS) is 7.60. The van der Waals surface area contributed by atoms with E-state index in [9.17, 15) is 14.4 Å². The SMILES string of the molecule is O=C(O)CC(=O)C(=O)O.[NaH]. The van der Waals surface area contributed by atoms with Crippen molar-refractivity contribution in [3.05, 3.63) is 0 Å². The number of rotatable bonds is 3. The molecule has 0 atom stereocenters. The zero-order valence-corrected chi connectivity index (χ0v) is 4.33. The molecule has 0 amide bonds. The van der Waals surface area contributed by atoms with Gasteiger partial charge in [0.25, 0.3) is 5.78 Å². The summed E-state index contributed by atoms with van der Waals surface area (Å²) in [5.41, 5.74) is 0. The molecule has 0 aromatic heterocycles. The van der Waals surface area contributed by atoms with Crippen molar-refractivity contribution in [3.63, 3.8) is 0 Å². The predicted octanol–water partition coefficient (Wildman–Crippen LogP) is -1.53.